The minimum absolute atomic E-state index is 0.00689. The average Bonchev–Trinajstić information content (AvgIpc) is 3.21. The van der Waals surface area contributed by atoms with E-state index < -0.39 is 44.0 Å². The molecule has 0 aliphatic heterocycles. The van der Waals surface area contributed by atoms with E-state index in [0.29, 0.717) is 5.75 Å². The number of ether oxygens (including phenoxy) is 2. The SMILES string of the molecule is COc1ccc2c(c1)C(=O)c1cc(OCCN(CCO)CCO)c3c(c1C2=O)CC(OS(C)(=O)=O)C3OS(C)(=O)=O. The first-order chi connectivity index (χ1) is 19.3. The standard InChI is InChI=1S/C26H31NO12S2/c1-36-15-4-5-16-17(12-15)24(30)19-14-20(37-11-8-27(6-9-28)7-10-29)23-18(22(19)25(16)31)13-21(38-40(2,32)33)26(23)39-41(3,34)35/h4-5,12,14,21,26,28-29H,6-11,13H2,1-3H3. The minimum Gasteiger partial charge on any atom is -0.497 e. The van der Waals surface area contributed by atoms with Gasteiger partial charge in [-0.3, -0.25) is 22.9 Å². The molecule has 2 atom stereocenters. The van der Waals surface area contributed by atoms with E-state index in [1.54, 1.807) is 4.90 Å². The van der Waals surface area contributed by atoms with Crippen LogP contribution in [-0.2, 0) is 35.0 Å². The Morgan fingerprint density at radius 1 is 0.878 bits per heavy atom. The molecule has 4 rings (SSSR count). The van der Waals surface area contributed by atoms with Crippen molar-refractivity contribution in [3.8, 4) is 11.5 Å². The summed E-state index contributed by atoms with van der Waals surface area (Å²) in [4.78, 5) is 29.1. The van der Waals surface area contributed by atoms with E-state index in [1.165, 1.54) is 31.4 Å². The molecule has 0 amide bonds. The molecule has 0 fully saturated rings. The van der Waals surface area contributed by atoms with Crippen molar-refractivity contribution in [3.63, 3.8) is 0 Å². The predicted molar refractivity (Wildman–Crippen MR) is 144 cm³/mol. The summed E-state index contributed by atoms with van der Waals surface area (Å²) in [6.45, 7) is 0.385. The molecule has 0 saturated carbocycles. The molecule has 15 heteroatoms. The van der Waals surface area contributed by atoms with Crippen LogP contribution < -0.4 is 9.47 Å². The zero-order valence-electron chi connectivity index (χ0n) is 22.7. The number of carbonyl (C=O) groups is 2. The molecule has 0 saturated heterocycles. The van der Waals surface area contributed by atoms with Gasteiger partial charge in [-0.1, -0.05) is 0 Å². The number of aliphatic hydroxyl groups excluding tert-OH is 2. The quantitative estimate of drug-likeness (QED) is 0.247. The van der Waals surface area contributed by atoms with Gasteiger partial charge in [-0.25, -0.2) is 0 Å². The highest BCUT2D eigenvalue weighted by molar-refractivity contribution is 7.86. The maximum atomic E-state index is 13.7. The number of rotatable bonds is 13. The van der Waals surface area contributed by atoms with Crippen LogP contribution in [0.15, 0.2) is 24.3 Å². The van der Waals surface area contributed by atoms with E-state index in [9.17, 15) is 36.6 Å². The normalized spacial score (nSPS) is 18.3. The Morgan fingerprint density at radius 3 is 2.12 bits per heavy atom. The summed E-state index contributed by atoms with van der Waals surface area (Å²) < 4.78 is 70.4. The van der Waals surface area contributed by atoms with Gasteiger partial charge in [0.2, 0.25) is 0 Å². The first kappa shape index (κ1) is 31.0. The maximum absolute atomic E-state index is 13.7. The number of methoxy groups -OCH3 is 1. The molecule has 2 unspecified atom stereocenters. The maximum Gasteiger partial charge on any atom is 0.265 e. The Morgan fingerprint density at radius 2 is 1.54 bits per heavy atom. The second-order valence-electron chi connectivity index (χ2n) is 9.66. The summed E-state index contributed by atoms with van der Waals surface area (Å²) in [6, 6.07) is 5.75. The number of carbonyl (C=O) groups excluding carboxylic acids is 2. The van der Waals surface area contributed by atoms with Crippen molar-refractivity contribution >= 4 is 31.8 Å². The molecule has 41 heavy (non-hydrogen) atoms. The van der Waals surface area contributed by atoms with Gasteiger partial charge < -0.3 is 19.7 Å². The second-order valence-corrected chi connectivity index (χ2v) is 12.9. The summed E-state index contributed by atoms with van der Waals surface area (Å²) in [5.41, 5.74) is 0.453. The fourth-order valence-corrected chi connectivity index (χ4v) is 6.34. The summed E-state index contributed by atoms with van der Waals surface area (Å²) in [5.74, 6) is -0.652. The van der Waals surface area contributed by atoms with Gasteiger partial charge >= 0.3 is 0 Å². The zero-order valence-corrected chi connectivity index (χ0v) is 24.3. The lowest BCUT2D eigenvalue weighted by Crippen LogP contribution is -2.33. The Hall–Kier alpha value is -2.92. The van der Waals surface area contributed by atoms with Crippen LogP contribution in [0.4, 0.5) is 0 Å². The monoisotopic (exact) mass is 613 g/mol. The fraction of sp³-hybridized carbons (Fsp3) is 0.462. The minimum atomic E-state index is -4.17. The van der Waals surface area contributed by atoms with Crippen LogP contribution in [0.1, 0.15) is 49.1 Å². The summed E-state index contributed by atoms with van der Waals surface area (Å²) in [5, 5.41) is 18.6. The largest absolute Gasteiger partial charge is 0.497 e. The van der Waals surface area contributed by atoms with Crippen LogP contribution in [0, 0.1) is 0 Å². The van der Waals surface area contributed by atoms with Crippen LogP contribution in [0.25, 0.3) is 0 Å². The van der Waals surface area contributed by atoms with E-state index in [4.69, 9.17) is 17.8 Å². The van der Waals surface area contributed by atoms with E-state index in [-0.39, 0.29) is 85.0 Å². The van der Waals surface area contributed by atoms with Crippen molar-refractivity contribution in [2.45, 2.75) is 18.6 Å². The number of fused-ring (bicyclic) bond motifs is 4. The number of benzene rings is 2. The van der Waals surface area contributed by atoms with Crippen molar-refractivity contribution in [1.29, 1.82) is 0 Å². The summed E-state index contributed by atoms with van der Waals surface area (Å²) >= 11 is 0. The lowest BCUT2D eigenvalue weighted by molar-refractivity contribution is 0.0756. The topological polar surface area (TPSA) is 183 Å². The van der Waals surface area contributed by atoms with Crippen molar-refractivity contribution < 1.29 is 54.5 Å². The van der Waals surface area contributed by atoms with Crippen molar-refractivity contribution in [2.24, 2.45) is 0 Å². The van der Waals surface area contributed by atoms with Crippen molar-refractivity contribution in [3.05, 3.63) is 57.6 Å². The first-order valence-corrected chi connectivity index (χ1v) is 16.2. The van der Waals surface area contributed by atoms with Gasteiger partial charge in [0.1, 0.15) is 30.3 Å². The molecule has 0 bridgehead atoms. The van der Waals surface area contributed by atoms with Crippen LogP contribution in [0.2, 0.25) is 0 Å². The molecule has 0 aromatic heterocycles. The van der Waals surface area contributed by atoms with Crippen LogP contribution in [0.5, 0.6) is 11.5 Å². The highest BCUT2D eigenvalue weighted by Gasteiger charge is 2.46. The highest BCUT2D eigenvalue weighted by Crippen LogP contribution is 2.48. The molecule has 2 aliphatic rings. The van der Waals surface area contributed by atoms with Crippen LogP contribution >= 0.6 is 0 Å². The predicted octanol–water partition coefficient (Wildman–Crippen LogP) is 0.0542. The van der Waals surface area contributed by atoms with Crippen molar-refractivity contribution in [1.82, 2.24) is 4.90 Å². The number of ketones is 2. The third-order valence-corrected chi connectivity index (χ3v) is 7.88. The Balaban J connectivity index is 1.87. The zero-order chi connectivity index (χ0) is 30.1. The van der Waals surface area contributed by atoms with Crippen LogP contribution in [-0.4, -0.2) is 109 Å². The van der Waals surface area contributed by atoms with Gasteiger partial charge in [-0.15, -0.1) is 0 Å². The third-order valence-electron chi connectivity index (χ3n) is 6.73. The van der Waals surface area contributed by atoms with E-state index >= 15 is 0 Å². The molecule has 0 heterocycles. The van der Waals surface area contributed by atoms with E-state index in [0.717, 1.165) is 12.5 Å². The van der Waals surface area contributed by atoms with Gasteiger partial charge in [0, 0.05) is 53.9 Å². The molecular formula is C26H31NO12S2. The number of nitrogens with zero attached hydrogens (tertiary/aromatic N) is 1. The number of hydrogen-bond acceptors (Lipinski definition) is 13. The van der Waals surface area contributed by atoms with Crippen molar-refractivity contribution in [2.75, 3.05) is 59.1 Å². The second kappa shape index (κ2) is 12.1. The van der Waals surface area contributed by atoms with Gasteiger partial charge in [0.15, 0.2) is 11.6 Å². The van der Waals surface area contributed by atoms with Gasteiger partial charge in [0.25, 0.3) is 20.2 Å². The Kier molecular flexibility index (Phi) is 9.18. The Bertz CT molecular complexity index is 1560. The summed E-state index contributed by atoms with van der Waals surface area (Å²) in [6.07, 6.45) is -1.53. The van der Waals surface area contributed by atoms with E-state index in [1.807, 2.05) is 0 Å². The van der Waals surface area contributed by atoms with Gasteiger partial charge in [-0.2, -0.15) is 16.8 Å². The molecule has 13 nitrogen and oxygen atoms in total. The third kappa shape index (κ3) is 6.77. The van der Waals surface area contributed by atoms with Crippen LogP contribution in [0.3, 0.4) is 0 Å². The molecule has 2 aromatic rings. The lowest BCUT2D eigenvalue weighted by Gasteiger charge is -2.25. The number of aliphatic hydroxyl groups is 2. The smallest absolute Gasteiger partial charge is 0.265 e. The summed E-state index contributed by atoms with van der Waals surface area (Å²) in [7, 11) is -6.85. The van der Waals surface area contributed by atoms with Gasteiger partial charge in [-0.05, 0) is 29.8 Å². The molecule has 2 aromatic carbocycles. The highest BCUT2D eigenvalue weighted by atomic mass is 32.2. The lowest BCUT2D eigenvalue weighted by atomic mass is 9.80. The average molecular weight is 614 g/mol. The fourth-order valence-electron chi connectivity index (χ4n) is 5.13. The van der Waals surface area contributed by atoms with E-state index in [2.05, 4.69) is 0 Å². The Labute approximate surface area is 237 Å². The number of hydrogen-bond donors (Lipinski definition) is 2. The molecule has 0 radical (unpaired) electrons. The molecule has 224 valence electrons. The molecule has 2 aliphatic carbocycles. The molecular weight excluding hydrogens is 582 g/mol. The van der Waals surface area contributed by atoms with Gasteiger partial charge in [0.05, 0.1) is 32.8 Å². The molecule has 0 spiro atoms. The first-order valence-electron chi connectivity index (χ1n) is 12.6. The molecule has 2 N–H and O–H groups in total.